The summed E-state index contributed by atoms with van der Waals surface area (Å²) in [4.78, 5) is 42.3. The van der Waals surface area contributed by atoms with Crippen LogP contribution in [0.15, 0.2) is 41.2 Å². The summed E-state index contributed by atoms with van der Waals surface area (Å²) in [7, 11) is 0. The van der Waals surface area contributed by atoms with Gasteiger partial charge in [0.05, 0.1) is 11.6 Å². The van der Waals surface area contributed by atoms with Crippen LogP contribution >= 0.6 is 0 Å². The largest absolute Gasteiger partial charge is 0.406 e. The van der Waals surface area contributed by atoms with Gasteiger partial charge >= 0.3 is 6.18 Å². The Balaban J connectivity index is 1.19. The summed E-state index contributed by atoms with van der Waals surface area (Å²) in [6.45, 7) is 4.55. The highest BCUT2D eigenvalue weighted by Gasteiger charge is 2.49. The molecule has 3 atom stereocenters. The molecule has 0 radical (unpaired) electrons. The molecule has 7 nitrogen and oxygen atoms in total. The summed E-state index contributed by atoms with van der Waals surface area (Å²) in [5.74, 6) is -3.78. The second kappa shape index (κ2) is 11.4. The molecule has 1 N–H and O–H groups in total. The number of nitrogens with zero attached hydrogens (tertiary/aromatic N) is 3. The minimum atomic E-state index is -4.59. The first-order valence-electron chi connectivity index (χ1n) is 14.2. The molecule has 2 aliphatic heterocycles. The van der Waals surface area contributed by atoms with Crippen molar-refractivity contribution in [2.45, 2.75) is 57.8 Å². The minimum Gasteiger partial charge on any atom is -0.349 e. The normalized spacial score (nSPS) is 23.0. The molecule has 228 valence electrons. The van der Waals surface area contributed by atoms with E-state index < -0.39 is 43.0 Å². The third-order valence-corrected chi connectivity index (χ3v) is 8.88. The molecule has 2 saturated heterocycles. The maximum atomic E-state index is 13.5. The fourth-order valence-electron chi connectivity index (χ4n) is 6.67. The highest BCUT2D eigenvalue weighted by molar-refractivity contribution is 5.97. The zero-order valence-electron chi connectivity index (χ0n) is 23.6. The van der Waals surface area contributed by atoms with Gasteiger partial charge in [-0.05, 0) is 43.2 Å². The number of nitrogens with one attached hydrogen (secondary N) is 1. The maximum Gasteiger partial charge on any atom is 0.406 e. The molecule has 3 aliphatic rings. The SMILES string of the molecule is Cc1cc(=O)n(CC(F)(F)F)c(C)c1C(=O)N1CC2CN(CC[C@H](NC(=O)C3CC(F)(F)C3)c3ccccc3)CC2C1. The van der Waals surface area contributed by atoms with E-state index in [-0.39, 0.29) is 40.9 Å². The Labute approximate surface area is 240 Å². The van der Waals surface area contributed by atoms with E-state index in [1.807, 2.05) is 30.3 Å². The van der Waals surface area contributed by atoms with E-state index in [9.17, 15) is 36.3 Å². The van der Waals surface area contributed by atoms with Gasteiger partial charge in [-0.15, -0.1) is 0 Å². The minimum absolute atomic E-state index is 0.0145. The molecule has 1 saturated carbocycles. The molecule has 2 amide bonds. The lowest BCUT2D eigenvalue weighted by Gasteiger charge is -2.35. The van der Waals surface area contributed by atoms with Gasteiger partial charge in [0.1, 0.15) is 6.54 Å². The number of rotatable bonds is 8. The molecule has 12 heteroatoms. The number of fused-ring (bicyclic) bond motifs is 1. The number of aromatic nitrogens is 1. The van der Waals surface area contributed by atoms with Crippen molar-refractivity contribution in [3.63, 3.8) is 0 Å². The van der Waals surface area contributed by atoms with Crippen LogP contribution in [0.4, 0.5) is 22.0 Å². The summed E-state index contributed by atoms with van der Waals surface area (Å²) in [6.07, 6.45) is -4.84. The van der Waals surface area contributed by atoms with Crippen LogP contribution in [0.25, 0.3) is 0 Å². The first-order chi connectivity index (χ1) is 19.7. The zero-order valence-corrected chi connectivity index (χ0v) is 23.6. The van der Waals surface area contributed by atoms with Crippen LogP contribution in [0.5, 0.6) is 0 Å². The van der Waals surface area contributed by atoms with Crippen LogP contribution < -0.4 is 10.9 Å². The van der Waals surface area contributed by atoms with E-state index in [2.05, 4.69) is 10.2 Å². The van der Waals surface area contributed by atoms with Gasteiger partial charge < -0.3 is 19.7 Å². The number of benzene rings is 1. The number of aryl methyl sites for hydroxylation is 1. The van der Waals surface area contributed by atoms with Crippen molar-refractivity contribution in [2.75, 3.05) is 32.7 Å². The number of halogens is 5. The Morgan fingerprint density at radius 2 is 1.64 bits per heavy atom. The van der Waals surface area contributed by atoms with Crippen LogP contribution in [0, 0.1) is 31.6 Å². The van der Waals surface area contributed by atoms with Gasteiger partial charge in [-0.3, -0.25) is 14.4 Å². The summed E-state index contributed by atoms with van der Waals surface area (Å²) in [5.41, 5.74) is 0.635. The van der Waals surface area contributed by atoms with Crippen molar-refractivity contribution < 1.29 is 31.5 Å². The maximum absolute atomic E-state index is 13.5. The van der Waals surface area contributed by atoms with Crippen molar-refractivity contribution in [2.24, 2.45) is 17.8 Å². The number of hydrogen-bond donors (Lipinski definition) is 1. The third-order valence-electron chi connectivity index (χ3n) is 8.88. The fraction of sp³-hybridized carbons (Fsp3) is 0.567. The molecule has 5 rings (SSSR count). The molecule has 1 aromatic heterocycles. The average Bonchev–Trinajstić information content (AvgIpc) is 3.46. The van der Waals surface area contributed by atoms with Gasteiger partial charge in [0, 0.05) is 63.2 Å². The number of hydrogen-bond acceptors (Lipinski definition) is 4. The van der Waals surface area contributed by atoms with Gasteiger partial charge in [0.15, 0.2) is 0 Å². The van der Waals surface area contributed by atoms with Gasteiger partial charge in [-0.1, -0.05) is 30.3 Å². The van der Waals surface area contributed by atoms with Crippen molar-refractivity contribution >= 4 is 11.8 Å². The van der Waals surface area contributed by atoms with Crippen LogP contribution in [0.2, 0.25) is 0 Å². The first-order valence-corrected chi connectivity index (χ1v) is 14.2. The molecule has 2 aromatic rings. The lowest BCUT2D eigenvalue weighted by molar-refractivity contribution is -0.150. The molecule has 3 heterocycles. The van der Waals surface area contributed by atoms with Crippen molar-refractivity contribution in [1.82, 2.24) is 19.7 Å². The summed E-state index contributed by atoms with van der Waals surface area (Å²) in [6, 6.07) is 10.2. The molecule has 1 aromatic carbocycles. The molecule has 0 spiro atoms. The number of carbonyl (C=O) groups excluding carboxylic acids is 2. The second-order valence-corrected chi connectivity index (χ2v) is 12.0. The molecular formula is C30H35F5N4O3. The first kappa shape index (κ1) is 30.2. The van der Waals surface area contributed by atoms with Crippen LogP contribution in [0.3, 0.4) is 0 Å². The Hall–Kier alpha value is -3.28. The number of likely N-dealkylation sites (tertiary alicyclic amines) is 2. The standard InChI is InChI=1S/C30H35F5N4O3/c1-18-10-25(40)39(17-30(33,34)35)19(2)26(18)28(42)38-15-22-13-37(14-23(22)16-38)9-8-24(20-6-4-3-5-7-20)36-27(41)21-11-29(31,32)12-21/h3-7,10,21-24H,8-9,11-17H2,1-2H3,(H,36,41)/t22?,23?,24-/m0/s1. The zero-order chi connectivity index (χ0) is 30.4. The lowest BCUT2D eigenvalue weighted by atomic mass is 9.80. The van der Waals surface area contributed by atoms with Gasteiger partial charge in [-0.2, -0.15) is 13.2 Å². The molecule has 42 heavy (non-hydrogen) atoms. The van der Waals surface area contributed by atoms with Gasteiger partial charge in [0.25, 0.3) is 11.5 Å². The van der Waals surface area contributed by atoms with Crippen molar-refractivity contribution in [3.8, 4) is 0 Å². The summed E-state index contributed by atoms with van der Waals surface area (Å²) < 4.78 is 66.5. The predicted molar refractivity (Wildman–Crippen MR) is 145 cm³/mol. The van der Waals surface area contributed by atoms with Gasteiger partial charge in [0.2, 0.25) is 11.8 Å². The monoisotopic (exact) mass is 594 g/mol. The summed E-state index contributed by atoms with van der Waals surface area (Å²) >= 11 is 0. The van der Waals surface area contributed by atoms with Crippen molar-refractivity contribution in [1.29, 1.82) is 0 Å². The molecule has 3 fully saturated rings. The lowest BCUT2D eigenvalue weighted by Crippen LogP contribution is -2.46. The average molecular weight is 595 g/mol. The Morgan fingerprint density at radius 1 is 1.02 bits per heavy atom. The smallest absolute Gasteiger partial charge is 0.349 e. The molecule has 0 bridgehead atoms. The van der Waals surface area contributed by atoms with Crippen LogP contribution in [-0.4, -0.2) is 71.0 Å². The van der Waals surface area contributed by atoms with Crippen LogP contribution in [0.1, 0.15) is 52.5 Å². The highest BCUT2D eigenvalue weighted by Crippen LogP contribution is 2.42. The predicted octanol–water partition coefficient (Wildman–Crippen LogP) is 4.32. The number of amides is 2. The Kier molecular flexibility index (Phi) is 8.21. The van der Waals surface area contributed by atoms with E-state index >= 15 is 0 Å². The fourth-order valence-corrected chi connectivity index (χ4v) is 6.67. The van der Waals surface area contributed by atoms with E-state index in [1.54, 1.807) is 11.8 Å². The molecule has 1 aliphatic carbocycles. The van der Waals surface area contributed by atoms with Gasteiger partial charge in [-0.25, -0.2) is 8.78 Å². The van der Waals surface area contributed by atoms with E-state index in [0.717, 1.165) is 24.7 Å². The number of pyridine rings is 1. The van der Waals surface area contributed by atoms with E-state index in [4.69, 9.17) is 0 Å². The number of carbonyl (C=O) groups is 2. The Bertz CT molecular complexity index is 1370. The van der Waals surface area contributed by atoms with E-state index in [1.165, 1.54) is 6.92 Å². The van der Waals surface area contributed by atoms with Crippen LogP contribution in [-0.2, 0) is 11.3 Å². The highest BCUT2D eigenvalue weighted by atomic mass is 19.4. The van der Waals surface area contributed by atoms with E-state index in [0.29, 0.717) is 36.2 Å². The summed E-state index contributed by atoms with van der Waals surface area (Å²) in [5, 5.41) is 2.97. The third kappa shape index (κ3) is 6.53. The number of alkyl halides is 5. The molecular weight excluding hydrogens is 559 g/mol. The van der Waals surface area contributed by atoms with Crippen molar-refractivity contribution in [3.05, 3.63) is 69.1 Å². The molecule has 2 unspecified atom stereocenters. The quantitative estimate of drug-likeness (QED) is 0.462. The Morgan fingerprint density at radius 3 is 2.21 bits per heavy atom. The second-order valence-electron chi connectivity index (χ2n) is 12.0. The topological polar surface area (TPSA) is 74.7 Å².